The predicted molar refractivity (Wildman–Crippen MR) is 108 cm³/mol. The van der Waals surface area contributed by atoms with Gasteiger partial charge in [-0.3, -0.25) is 4.98 Å². The number of benzene rings is 1. The van der Waals surface area contributed by atoms with Crippen molar-refractivity contribution in [2.75, 3.05) is 25.1 Å². The minimum absolute atomic E-state index is 0.118. The summed E-state index contributed by atoms with van der Waals surface area (Å²) >= 11 is 6.35. The molecule has 1 unspecified atom stereocenters. The number of anilines is 1. The van der Waals surface area contributed by atoms with E-state index in [1.54, 1.807) is 25.6 Å². The van der Waals surface area contributed by atoms with Crippen molar-refractivity contribution in [1.82, 2.24) is 15.0 Å². The van der Waals surface area contributed by atoms with Crippen LogP contribution in [0.15, 0.2) is 42.9 Å². The van der Waals surface area contributed by atoms with Gasteiger partial charge in [0.05, 0.1) is 23.0 Å². The Morgan fingerprint density at radius 3 is 2.76 bits per heavy atom. The SMILES string of the molecule is COC1CCCN(c2cnc(-c3ccc(F)cc3F)c(-c3ccncc3Cl)n2)C1. The van der Waals surface area contributed by atoms with Gasteiger partial charge in [-0.05, 0) is 31.0 Å². The average Bonchev–Trinajstić information content (AvgIpc) is 2.74. The Labute approximate surface area is 172 Å². The van der Waals surface area contributed by atoms with E-state index in [-0.39, 0.29) is 11.7 Å². The summed E-state index contributed by atoms with van der Waals surface area (Å²) in [5.74, 6) is -0.713. The second-order valence-electron chi connectivity index (χ2n) is 6.85. The first-order chi connectivity index (χ1) is 14.1. The van der Waals surface area contributed by atoms with Crippen molar-refractivity contribution in [2.45, 2.75) is 18.9 Å². The van der Waals surface area contributed by atoms with Crippen LogP contribution in [0.1, 0.15) is 12.8 Å². The predicted octanol–water partition coefficient (Wildman–Crippen LogP) is 4.75. The van der Waals surface area contributed by atoms with E-state index in [2.05, 4.69) is 14.9 Å². The van der Waals surface area contributed by atoms with Crippen molar-refractivity contribution in [1.29, 1.82) is 0 Å². The lowest BCUT2D eigenvalue weighted by Gasteiger charge is -2.32. The first-order valence-electron chi connectivity index (χ1n) is 9.27. The first kappa shape index (κ1) is 19.7. The fraction of sp³-hybridized carbons (Fsp3) is 0.286. The van der Waals surface area contributed by atoms with Crippen LogP contribution < -0.4 is 4.90 Å². The summed E-state index contributed by atoms with van der Waals surface area (Å²) in [6, 6.07) is 5.08. The topological polar surface area (TPSA) is 51.1 Å². The molecule has 1 fully saturated rings. The first-order valence-corrected chi connectivity index (χ1v) is 9.64. The van der Waals surface area contributed by atoms with Crippen LogP contribution in [-0.4, -0.2) is 41.3 Å². The van der Waals surface area contributed by atoms with Gasteiger partial charge in [0, 0.05) is 49.8 Å². The molecule has 1 aliphatic heterocycles. The Bertz CT molecular complexity index is 1030. The zero-order valence-electron chi connectivity index (χ0n) is 15.8. The number of hydrogen-bond acceptors (Lipinski definition) is 5. The fourth-order valence-corrected chi connectivity index (χ4v) is 3.71. The fourth-order valence-electron chi connectivity index (χ4n) is 3.50. The molecule has 1 aliphatic rings. The van der Waals surface area contributed by atoms with Gasteiger partial charge in [-0.1, -0.05) is 11.6 Å². The van der Waals surface area contributed by atoms with Crippen LogP contribution in [0.25, 0.3) is 22.5 Å². The Morgan fingerprint density at radius 1 is 1.14 bits per heavy atom. The van der Waals surface area contributed by atoms with Crippen LogP contribution in [0, 0.1) is 11.6 Å². The van der Waals surface area contributed by atoms with Gasteiger partial charge in [-0.25, -0.2) is 18.7 Å². The summed E-state index contributed by atoms with van der Waals surface area (Å²) in [4.78, 5) is 15.4. The molecule has 5 nitrogen and oxygen atoms in total. The lowest BCUT2D eigenvalue weighted by molar-refractivity contribution is 0.0891. The minimum atomic E-state index is -0.712. The number of pyridine rings is 1. The third-order valence-corrected chi connectivity index (χ3v) is 5.31. The molecular weight excluding hydrogens is 398 g/mol. The second-order valence-corrected chi connectivity index (χ2v) is 7.26. The lowest BCUT2D eigenvalue weighted by atomic mass is 10.0. The molecule has 0 saturated carbocycles. The van der Waals surface area contributed by atoms with Crippen molar-refractivity contribution < 1.29 is 13.5 Å². The van der Waals surface area contributed by atoms with Gasteiger partial charge < -0.3 is 9.64 Å². The van der Waals surface area contributed by atoms with Crippen molar-refractivity contribution in [3.05, 3.63) is 59.5 Å². The third-order valence-electron chi connectivity index (χ3n) is 5.01. The molecule has 0 radical (unpaired) electrons. The van der Waals surface area contributed by atoms with E-state index in [0.29, 0.717) is 34.3 Å². The number of piperidine rings is 1. The van der Waals surface area contributed by atoms with E-state index in [1.165, 1.54) is 18.3 Å². The molecule has 0 bridgehead atoms. The average molecular weight is 417 g/mol. The van der Waals surface area contributed by atoms with Crippen molar-refractivity contribution in [2.24, 2.45) is 0 Å². The molecule has 150 valence electrons. The number of aromatic nitrogens is 3. The number of ether oxygens (including phenoxy) is 1. The monoisotopic (exact) mass is 416 g/mol. The van der Waals surface area contributed by atoms with Crippen LogP contribution in [0.4, 0.5) is 14.6 Å². The van der Waals surface area contributed by atoms with Gasteiger partial charge in [0.15, 0.2) is 0 Å². The van der Waals surface area contributed by atoms with Gasteiger partial charge in [0.25, 0.3) is 0 Å². The molecule has 3 aromatic rings. The van der Waals surface area contributed by atoms with E-state index in [0.717, 1.165) is 25.5 Å². The molecule has 3 heterocycles. The number of halogens is 3. The van der Waals surface area contributed by atoms with E-state index >= 15 is 0 Å². The van der Waals surface area contributed by atoms with Crippen molar-refractivity contribution in [3.8, 4) is 22.5 Å². The minimum Gasteiger partial charge on any atom is -0.380 e. The molecule has 4 rings (SSSR count). The van der Waals surface area contributed by atoms with E-state index in [1.807, 2.05) is 0 Å². The molecule has 1 aromatic carbocycles. The Balaban J connectivity index is 1.84. The highest BCUT2D eigenvalue weighted by atomic mass is 35.5. The van der Waals surface area contributed by atoms with Crippen LogP contribution in [0.2, 0.25) is 5.02 Å². The summed E-state index contributed by atoms with van der Waals surface area (Å²) < 4.78 is 33.4. The number of rotatable bonds is 4. The van der Waals surface area contributed by atoms with E-state index < -0.39 is 11.6 Å². The van der Waals surface area contributed by atoms with Crippen LogP contribution in [0.5, 0.6) is 0 Å². The number of hydrogen-bond donors (Lipinski definition) is 0. The summed E-state index contributed by atoms with van der Waals surface area (Å²) in [5, 5.41) is 0.371. The molecule has 29 heavy (non-hydrogen) atoms. The molecule has 1 saturated heterocycles. The Morgan fingerprint density at radius 2 is 2.00 bits per heavy atom. The van der Waals surface area contributed by atoms with E-state index in [4.69, 9.17) is 21.3 Å². The third kappa shape index (κ3) is 4.06. The van der Waals surface area contributed by atoms with Gasteiger partial charge in [-0.2, -0.15) is 0 Å². The highest BCUT2D eigenvalue weighted by Crippen LogP contribution is 2.35. The van der Waals surface area contributed by atoms with Gasteiger partial charge in [0.1, 0.15) is 23.1 Å². The standard InChI is InChI=1S/C21H19ClF2N4O/c1-29-14-3-2-8-28(12-14)19-11-26-20(16-5-4-13(23)9-18(16)24)21(27-19)15-6-7-25-10-17(15)22/h4-7,9-11,14H,2-3,8,12H2,1H3. The molecule has 0 aliphatic carbocycles. The molecule has 8 heteroatoms. The summed E-state index contributed by atoms with van der Waals surface area (Å²) in [5.41, 5.74) is 1.44. The van der Waals surface area contributed by atoms with Gasteiger partial charge in [0.2, 0.25) is 0 Å². The van der Waals surface area contributed by atoms with Crippen molar-refractivity contribution in [3.63, 3.8) is 0 Å². The Hall–Kier alpha value is -2.64. The number of nitrogens with zero attached hydrogens (tertiary/aromatic N) is 4. The van der Waals surface area contributed by atoms with Gasteiger partial charge in [-0.15, -0.1) is 0 Å². The van der Waals surface area contributed by atoms with Gasteiger partial charge >= 0.3 is 0 Å². The smallest absolute Gasteiger partial charge is 0.147 e. The van der Waals surface area contributed by atoms with Crippen LogP contribution in [-0.2, 0) is 4.74 Å². The maximum atomic E-state index is 14.5. The number of methoxy groups -OCH3 is 1. The normalized spacial score (nSPS) is 16.8. The zero-order chi connectivity index (χ0) is 20.4. The lowest BCUT2D eigenvalue weighted by Crippen LogP contribution is -2.39. The molecular formula is C21H19ClF2N4O. The zero-order valence-corrected chi connectivity index (χ0v) is 16.5. The quantitative estimate of drug-likeness (QED) is 0.614. The van der Waals surface area contributed by atoms with E-state index in [9.17, 15) is 8.78 Å². The Kier molecular flexibility index (Phi) is 5.69. The summed E-state index contributed by atoms with van der Waals surface area (Å²) in [7, 11) is 1.70. The molecule has 0 N–H and O–H groups in total. The molecule has 2 aromatic heterocycles. The summed E-state index contributed by atoms with van der Waals surface area (Å²) in [6.07, 6.45) is 6.77. The molecule has 1 atom stereocenters. The summed E-state index contributed by atoms with van der Waals surface area (Å²) in [6.45, 7) is 1.52. The second kappa shape index (κ2) is 8.39. The molecule has 0 spiro atoms. The molecule has 0 amide bonds. The maximum absolute atomic E-state index is 14.5. The highest BCUT2D eigenvalue weighted by molar-refractivity contribution is 6.33. The van der Waals surface area contributed by atoms with Crippen LogP contribution >= 0.6 is 11.6 Å². The highest BCUT2D eigenvalue weighted by Gasteiger charge is 2.24. The van der Waals surface area contributed by atoms with Crippen LogP contribution in [0.3, 0.4) is 0 Å². The largest absolute Gasteiger partial charge is 0.380 e. The van der Waals surface area contributed by atoms with Crippen molar-refractivity contribution >= 4 is 17.4 Å². The maximum Gasteiger partial charge on any atom is 0.147 e.